The molecule has 1 aromatic heterocycles. The van der Waals surface area contributed by atoms with Crippen molar-refractivity contribution in [2.45, 2.75) is 31.5 Å². The molecule has 158 valence electrons. The third-order valence-corrected chi connectivity index (χ3v) is 5.37. The summed E-state index contributed by atoms with van der Waals surface area (Å²) in [5, 5.41) is 12.5. The van der Waals surface area contributed by atoms with Crippen LogP contribution >= 0.6 is 0 Å². The van der Waals surface area contributed by atoms with E-state index in [-0.39, 0.29) is 24.5 Å². The number of amides is 1. The number of hydrogen-bond acceptors (Lipinski definition) is 7. The van der Waals surface area contributed by atoms with Crippen molar-refractivity contribution in [2.75, 3.05) is 29.9 Å². The Labute approximate surface area is 173 Å². The minimum atomic E-state index is -0.928. The number of aromatic nitrogens is 2. The highest BCUT2D eigenvalue weighted by molar-refractivity contribution is 6.24. The lowest BCUT2D eigenvalue weighted by Gasteiger charge is -2.23. The number of nitrogens with two attached hydrogens (primary N) is 1. The van der Waals surface area contributed by atoms with E-state index in [0.29, 0.717) is 36.5 Å². The van der Waals surface area contributed by atoms with Crippen LogP contribution in [-0.4, -0.2) is 52.5 Å². The number of nitrogens with one attached hydrogen (secondary N) is 1. The number of halogens is 1. The first kappa shape index (κ1) is 20.1. The van der Waals surface area contributed by atoms with Crippen molar-refractivity contribution in [2.24, 2.45) is 5.73 Å². The van der Waals surface area contributed by atoms with E-state index < -0.39 is 17.7 Å². The average Bonchev–Trinajstić information content (AvgIpc) is 3.31. The van der Waals surface area contributed by atoms with Gasteiger partial charge in [0.1, 0.15) is 17.5 Å². The van der Waals surface area contributed by atoms with Gasteiger partial charge in [0.15, 0.2) is 5.82 Å². The maximum absolute atomic E-state index is 13.9. The number of fused-ring (bicyclic) bond motifs is 1. The highest BCUT2D eigenvalue weighted by Crippen LogP contribution is 2.42. The van der Waals surface area contributed by atoms with Crippen LogP contribution in [0.1, 0.15) is 24.7 Å². The Morgan fingerprint density at radius 1 is 1.47 bits per heavy atom. The standard InChI is InChI=1S/C21H24FN5O3/c1-21(12-28)9-13-7-16(17(8-18(13)30-21)27-6-3-14(22)11-27)26-20(29)15(10-23)19-24-4-2-5-25-19/h2,4-5,7-8,10,14,28H,3,6,9,11-12,23H2,1H3,(H,26,29)/b15-10+/t14-,21+/m0/s1. The molecule has 0 radical (unpaired) electrons. The minimum absolute atomic E-state index is 0.128. The second kappa shape index (κ2) is 7.91. The number of carbonyl (C=O) groups is 1. The molecule has 2 aliphatic rings. The van der Waals surface area contributed by atoms with Crippen molar-refractivity contribution in [1.29, 1.82) is 0 Å². The lowest BCUT2D eigenvalue weighted by molar-refractivity contribution is -0.111. The van der Waals surface area contributed by atoms with E-state index >= 15 is 0 Å². The van der Waals surface area contributed by atoms with E-state index in [4.69, 9.17) is 10.5 Å². The Bertz CT molecular complexity index is 984. The highest BCUT2D eigenvalue weighted by atomic mass is 19.1. The van der Waals surface area contributed by atoms with Gasteiger partial charge in [-0.2, -0.15) is 0 Å². The summed E-state index contributed by atoms with van der Waals surface area (Å²) in [4.78, 5) is 23.0. The number of benzene rings is 1. The summed E-state index contributed by atoms with van der Waals surface area (Å²) >= 11 is 0. The lowest BCUT2D eigenvalue weighted by atomic mass is 9.99. The van der Waals surface area contributed by atoms with Crippen LogP contribution in [0.4, 0.5) is 15.8 Å². The van der Waals surface area contributed by atoms with Crippen molar-refractivity contribution in [3.05, 3.63) is 48.2 Å². The van der Waals surface area contributed by atoms with Crippen molar-refractivity contribution >= 4 is 22.9 Å². The molecular formula is C21H24FN5O3. The number of aliphatic hydroxyl groups excluding tert-OH is 1. The molecule has 0 spiro atoms. The first-order valence-corrected chi connectivity index (χ1v) is 9.79. The molecule has 1 aromatic carbocycles. The van der Waals surface area contributed by atoms with Crippen LogP contribution in [0.5, 0.6) is 5.75 Å². The van der Waals surface area contributed by atoms with Gasteiger partial charge in [-0.05, 0) is 25.5 Å². The molecule has 1 fully saturated rings. The summed E-state index contributed by atoms with van der Waals surface area (Å²) in [6, 6.07) is 5.26. The molecule has 0 saturated carbocycles. The normalized spacial score (nSPS) is 23.2. The molecular weight excluding hydrogens is 389 g/mol. The second-order valence-electron chi connectivity index (χ2n) is 7.80. The Morgan fingerprint density at radius 3 is 2.87 bits per heavy atom. The zero-order chi connectivity index (χ0) is 21.3. The first-order chi connectivity index (χ1) is 14.4. The zero-order valence-corrected chi connectivity index (χ0v) is 16.6. The smallest absolute Gasteiger partial charge is 0.261 e. The van der Waals surface area contributed by atoms with E-state index in [2.05, 4.69) is 15.3 Å². The average molecular weight is 413 g/mol. The number of aliphatic hydroxyl groups is 1. The molecule has 0 bridgehead atoms. The summed E-state index contributed by atoms with van der Waals surface area (Å²) in [5.41, 5.74) is 7.11. The summed E-state index contributed by atoms with van der Waals surface area (Å²) in [7, 11) is 0. The second-order valence-corrected chi connectivity index (χ2v) is 7.80. The van der Waals surface area contributed by atoms with Crippen LogP contribution in [0.25, 0.3) is 5.57 Å². The fourth-order valence-electron chi connectivity index (χ4n) is 3.82. The summed E-state index contributed by atoms with van der Waals surface area (Å²) < 4.78 is 19.8. The SMILES string of the molecule is C[C@]1(CO)Cc2cc(NC(=O)/C(=C/N)c3ncccn3)c(N3CC[C@H](F)C3)cc2O1. The Balaban J connectivity index is 1.68. The van der Waals surface area contributed by atoms with E-state index in [0.717, 1.165) is 11.8 Å². The molecule has 2 atom stereocenters. The summed E-state index contributed by atoms with van der Waals surface area (Å²) in [6.07, 6.45) is 4.21. The monoisotopic (exact) mass is 413 g/mol. The molecule has 1 saturated heterocycles. The van der Waals surface area contributed by atoms with Gasteiger partial charge in [-0.15, -0.1) is 0 Å². The number of rotatable bonds is 5. The topological polar surface area (TPSA) is 114 Å². The van der Waals surface area contributed by atoms with Crippen LogP contribution in [-0.2, 0) is 11.2 Å². The van der Waals surface area contributed by atoms with Crippen molar-refractivity contribution < 1.29 is 19.0 Å². The predicted molar refractivity (Wildman–Crippen MR) is 111 cm³/mol. The van der Waals surface area contributed by atoms with E-state index in [9.17, 15) is 14.3 Å². The summed E-state index contributed by atoms with van der Waals surface area (Å²) in [5.74, 6) is 0.369. The van der Waals surface area contributed by atoms with Gasteiger partial charge in [0.2, 0.25) is 0 Å². The van der Waals surface area contributed by atoms with Gasteiger partial charge >= 0.3 is 0 Å². The maximum atomic E-state index is 13.9. The molecule has 0 aliphatic carbocycles. The molecule has 30 heavy (non-hydrogen) atoms. The van der Waals surface area contributed by atoms with Crippen LogP contribution in [0.2, 0.25) is 0 Å². The fraction of sp³-hybridized carbons (Fsp3) is 0.381. The fourth-order valence-corrected chi connectivity index (χ4v) is 3.82. The van der Waals surface area contributed by atoms with E-state index in [1.165, 1.54) is 12.4 Å². The quantitative estimate of drug-likeness (QED) is 0.639. The third kappa shape index (κ3) is 3.80. The number of ether oxygens (including phenoxy) is 1. The van der Waals surface area contributed by atoms with Crippen LogP contribution in [0, 0.1) is 0 Å². The van der Waals surface area contributed by atoms with Crippen molar-refractivity contribution in [3.8, 4) is 5.75 Å². The van der Waals surface area contributed by atoms with Crippen molar-refractivity contribution in [3.63, 3.8) is 0 Å². The van der Waals surface area contributed by atoms with E-state index in [1.54, 1.807) is 12.1 Å². The molecule has 2 aliphatic heterocycles. The van der Waals surface area contributed by atoms with Gasteiger partial charge in [-0.25, -0.2) is 14.4 Å². The zero-order valence-electron chi connectivity index (χ0n) is 16.6. The molecule has 4 N–H and O–H groups in total. The van der Waals surface area contributed by atoms with Gasteiger partial charge in [-0.3, -0.25) is 4.79 Å². The van der Waals surface area contributed by atoms with Gasteiger partial charge < -0.3 is 25.8 Å². The third-order valence-electron chi connectivity index (χ3n) is 5.37. The van der Waals surface area contributed by atoms with Crippen molar-refractivity contribution in [1.82, 2.24) is 9.97 Å². The maximum Gasteiger partial charge on any atom is 0.261 e. The largest absolute Gasteiger partial charge is 0.484 e. The molecule has 0 unspecified atom stereocenters. The van der Waals surface area contributed by atoms with Crippen LogP contribution < -0.4 is 20.7 Å². The molecule has 8 nitrogen and oxygen atoms in total. The predicted octanol–water partition coefficient (Wildman–Crippen LogP) is 1.65. The molecule has 3 heterocycles. The lowest BCUT2D eigenvalue weighted by Crippen LogP contribution is -2.34. The molecule has 9 heteroatoms. The minimum Gasteiger partial charge on any atom is -0.484 e. The van der Waals surface area contributed by atoms with Gasteiger partial charge in [-0.1, -0.05) is 0 Å². The number of anilines is 2. The molecule has 4 rings (SSSR count). The highest BCUT2D eigenvalue weighted by Gasteiger charge is 2.36. The van der Waals surface area contributed by atoms with E-state index in [1.807, 2.05) is 17.9 Å². The molecule has 2 aromatic rings. The van der Waals surface area contributed by atoms with Gasteiger partial charge in [0.05, 0.1) is 23.6 Å². The first-order valence-electron chi connectivity index (χ1n) is 9.79. The number of alkyl halides is 1. The van der Waals surface area contributed by atoms with Crippen LogP contribution in [0.15, 0.2) is 36.8 Å². The van der Waals surface area contributed by atoms with Crippen LogP contribution in [0.3, 0.4) is 0 Å². The number of nitrogens with zero attached hydrogens (tertiary/aromatic N) is 3. The molecule has 1 amide bonds. The summed E-state index contributed by atoms with van der Waals surface area (Å²) in [6.45, 7) is 2.45. The Hall–Kier alpha value is -3.20. The van der Waals surface area contributed by atoms with Gasteiger partial charge in [0.25, 0.3) is 5.91 Å². The number of hydrogen-bond donors (Lipinski definition) is 3. The Kier molecular flexibility index (Phi) is 5.29. The Morgan fingerprint density at radius 2 is 2.23 bits per heavy atom. The number of carbonyl (C=O) groups excluding carboxylic acids is 1. The van der Waals surface area contributed by atoms with Gasteiger partial charge in [0, 0.05) is 49.7 Å².